The van der Waals surface area contributed by atoms with Crippen LogP contribution in [-0.2, 0) is 6.42 Å². The summed E-state index contributed by atoms with van der Waals surface area (Å²) in [5.41, 5.74) is 1.18. The third-order valence-electron chi connectivity index (χ3n) is 2.28. The highest BCUT2D eigenvalue weighted by Crippen LogP contribution is 2.47. The maximum Gasteiger partial charge on any atom is 0.0693 e. The number of nitriles is 1. The minimum Gasteiger partial charge on any atom is -0.365 e. The van der Waals surface area contributed by atoms with Gasteiger partial charge in [0.1, 0.15) is 0 Å². The highest BCUT2D eigenvalue weighted by Gasteiger charge is 2.43. The van der Waals surface area contributed by atoms with E-state index in [1.165, 1.54) is 5.69 Å². The van der Waals surface area contributed by atoms with Crippen molar-refractivity contribution in [2.75, 3.05) is 0 Å². The summed E-state index contributed by atoms with van der Waals surface area (Å²) in [7, 11) is 0. The lowest BCUT2D eigenvalue weighted by Crippen LogP contribution is -2.00. The molecule has 0 unspecified atom stereocenters. The van der Waals surface area contributed by atoms with E-state index in [9.17, 15) is 0 Å². The van der Waals surface area contributed by atoms with Crippen LogP contribution in [0, 0.1) is 16.7 Å². The van der Waals surface area contributed by atoms with Gasteiger partial charge < -0.3 is 4.98 Å². The summed E-state index contributed by atoms with van der Waals surface area (Å²) in [5, 5.41) is 8.79. The highest BCUT2D eigenvalue weighted by molar-refractivity contribution is 5.17. The standard InChI is InChI=1S/C9H10N2/c10-7-9(3-4-9)6-8-2-1-5-11-8/h1-2,5,11H,3-4,6H2. The van der Waals surface area contributed by atoms with Crippen LogP contribution in [0.25, 0.3) is 0 Å². The molecule has 1 fully saturated rings. The fourth-order valence-electron chi connectivity index (χ4n) is 1.32. The summed E-state index contributed by atoms with van der Waals surface area (Å²) in [6.45, 7) is 0. The number of H-pyrrole nitrogens is 1. The van der Waals surface area contributed by atoms with Crippen molar-refractivity contribution in [3.05, 3.63) is 24.0 Å². The summed E-state index contributed by atoms with van der Waals surface area (Å²) in [6.07, 6.45) is 4.95. The van der Waals surface area contributed by atoms with Crippen LogP contribution in [0.5, 0.6) is 0 Å². The Morgan fingerprint density at radius 3 is 2.91 bits per heavy atom. The average molecular weight is 146 g/mol. The molecule has 2 heteroatoms. The van der Waals surface area contributed by atoms with Gasteiger partial charge in [-0.05, 0) is 25.0 Å². The van der Waals surface area contributed by atoms with Crippen LogP contribution in [-0.4, -0.2) is 4.98 Å². The predicted octanol–water partition coefficient (Wildman–Crippen LogP) is 1.86. The lowest BCUT2D eigenvalue weighted by molar-refractivity contribution is 0.654. The molecule has 1 aliphatic rings. The predicted molar refractivity (Wildman–Crippen MR) is 41.8 cm³/mol. The highest BCUT2D eigenvalue weighted by atomic mass is 14.7. The Bertz CT molecular complexity index is 275. The van der Waals surface area contributed by atoms with Crippen molar-refractivity contribution < 1.29 is 0 Å². The largest absolute Gasteiger partial charge is 0.365 e. The van der Waals surface area contributed by atoms with Gasteiger partial charge >= 0.3 is 0 Å². The van der Waals surface area contributed by atoms with E-state index < -0.39 is 0 Å². The van der Waals surface area contributed by atoms with Gasteiger partial charge in [0.25, 0.3) is 0 Å². The molecule has 1 heterocycles. The molecular formula is C9H10N2. The SMILES string of the molecule is N#CC1(Cc2ccc[nH]2)CC1. The van der Waals surface area contributed by atoms with E-state index in [4.69, 9.17) is 5.26 Å². The summed E-state index contributed by atoms with van der Waals surface area (Å²) < 4.78 is 0. The Hall–Kier alpha value is -1.23. The molecule has 1 saturated carbocycles. The van der Waals surface area contributed by atoms with Crippen LogP contribution >= 0.6 is 0 Å². The Balaban J connectivity index is 2.08. The quantitative estimate of drug-likeness (QED) is 0.679. The van der Waals surface area contributed by atoms with Gasteiger partial charge in [-0.1, -0.05) is 0 Å². The normalized spacial score (nSPS) is 19.2. The van der Waals surface area contributed by atoms with E-state index in [2.05, 4.69) is 11.1 Å². The van der Waals surface area contributed by atoms with Crippen LogP contribution in [0.2, 0.25) is 0 Å². The fraction of sp³-hybridized carbons (Fsp3) is 0.444. The van der Waals surface area contributed by atoms with Gasteiger partial charge in [0.05, 0.1) is 11.5 Å². The molecule has 11 heavy (non-hydrogen) atoms. The molecule has 0 spiro atoms. The van der Waals surface area contributed by atoms with E-state index in [1.807, 2.05) is 18.3 Å². The van der Waals surface area contributed by atoms with Gasteiger partial charge in [-0.25, -0.2) is 0 Å². The summed E-state index contributed by atoms with van der Waals surface area (Å²) in [4.78, 5) is 3.12. The second kappa shape index (κ2) is 2.13. The van der Waals surface area contributed by atoms with Gasteiger partial charge in [0.15, 0.2) is 0 Å². The molecule has 56 valence electrons. The van der Waals surface area contributed by atoms with Crippen molar-refractivity contribution in [3.8, 4) is 6.07 Å². The number of hydrogen-bond acceptors (Lipinski definition) is 1. The maximum absolute atomic E-state index is 8.79. The van der Waals surface area contributed by atoms with Crippen molar-refractivity contribution >= 4 is 0 Å². The monoisotopic (exact) mass is 146 g/mol. The molecule has 2 nitrogen and oxygen atoms in total. The number of nitrogens with zero attached hydrogens (tertiary/aromatic N) is 1. The van der Waals surface area contributed by atoms with Gasteiger partial charge in [0, 0.05) is 18.3 Å². The van der Waals surface area contributed by atoms with Gasteiger partial charge in [-0.2, -0.15) is 5.26 Å². The van der Waals surface area contributed by atoms with Crippen molar-refractivity contribution in [2.45, 2.75) is 19.3 Å². The van der Waals surface area contributed by atoms with Crippen LogP contribution in [0.15, 0.2) is 18.3 Å². The zero-order valence-corrected chi connectivity index (χ0v) is 6.30. The van der Waals surface area contributed by atoms with Crippen LogP contribution in [0.4, 0.5) is 0 Å². The molecule has 1 N–H and O–H groups in total. The Labute approximate surface area is 65.9 Å². The number of aromatic nitrogens is 1. The first-order chi connectivity index (χ1) is 5.35. The number of nitrogens with one attached hydrogen (secondary N) is 1. The second-order valence-corrected chi connectivity index (χ2v) is 3.26. The van der Waals surface area contributed by atoms with Crippen LogP contribution < -0.4 is 0 Å². The topological polar surface area (TPSA) is 39.6 Å². The smallest absolute Gasteiger partial charge is 0.0693 e. The van der Waals surface area contributed by atoms with Crippen LogP contribution in [0.3, 0.4) is 0 Å². The molecule has 0 bridgehead atoms. The van der Waals surface area contributed by atoms with E-state index in [-0.39, 0.29) is 5.41 Å². The third kappa shape index (κ3) is 1.14. The molecule has 0 aliphatic heterocycles. The Morgan fingerprint density at radius 1 is 1.64 bits per heavy atom. The Morgan fingerprint density at radius 2 is 2.45 bits per heavy atom. The first kappa shape index (κ1) is 6.48. The minimum absolute atomic E-state index is 0.00907. The van der Waals surface area contributed by atoms with E-state index in [1.54, 1.807) is 0 Å². The third-order valence-corrected chi connectivity index (χ3v) is 2.28. The van der Waals surface area contributed by atoms with Crippen molar-refractivity contribution in [2.24, 2.45) is 5.41 Å². The van der Waals surface area contributed by atoms with Gasteiger partial charge in [-0.15, -0.1) is 0 Å². The molecule has 1 aliphatic carbocycles. The molecule has 2 rings (SSSR count). The molecule has 1 aromatic heterocycles. The molecule has 0 radical (unpaired) electrons. The van der Waals surface area contributed by atoms with Crippen molar-refractivity contribution in [1.29, 1.82) is 5.26 Å². The van der Waals surface area contributed by atoms with Gasteiger partial charge in [0.2, 0.25) is 0 Å². The lowest BCUT2D eigenvalue weighted by Gasteiger charge is -2.01. The molecule has 1 aromatic rings. The molecular weight excluding hydrogens is 136 g/mol. The first-order valence-corrected chi connectivity index (χ1v) is 3.88. The molecule has 0 atom stereocenters. The van der Waals surface area contributed by atoms with Crippen molar-refractivity contribution in [3.63, 3.8) is 0 Å². The first-order valence-electron chi connectivity index (χ1n) is 3.88. The number of hydrogen-bond donors (Lipinski definition) is 1. The Kier molecular flexibility index (Phi) is 1.25. The second-order valence-electron chi connectivity index (χ2n) is 3.26. The maximum atomic E-state index is 8.79. The number of aromatic amines is 1. The molecule has 0 aromatic carbocycles. The lowest BCUT2D eigenvalue weighted by atomic mass is 10.0. The summed E-state index contributed by atoms with van der Waals surface area (Å²) in [5.74, 6) is 0. The summed E-state index contributed by atoms with van der Waals surface area (Å²) in [6, 6.07) is 6.38. The number of rotatable bonds is 2. The average Bonchev–Trinajstić information content (AvgIpc) is 2.59. The molecule has 0 amide bonds. The van der Waals surface area contributed by atoms with Crippen molar-refractivity contribution in [1.82, 2.24) is 4.98 Å². The zero-order chi connectivity index (χ0) is 7.73. The minimum atomic E-state index is -0.00907. The fourth-order valence-corrected chi connectivity index (χ4v) is 1.32. The van der Waals surface area contributed by atoms with E-state index in [0.29, 0.717) is 0 Å². The van der Waals surface area contributed by atoms with Crippen LogP contribution in [0.1, 0.15) is 18.5 Å². The van der Waals surface area contributed by atoms with Gasteiger partial charge in [-0.3, -0.25) is 0 Å². The van der Waals surface area contributed by atoms with E-state index >= 15 is 0 Å². The zero-order valence-electron chi connectivity index (χ0n) is 6.30. The van der Waals surface area contributed by atoms with E-state index in [0.717, 1.165) is 19.3 Å². The molecule has 0 saturated heterocycles. The summed E-state index contributed by atoms with van der Waals surface area (Å²) >= 11 is 0.